The molecule has 0 atom stereocenters. The van der Waals surface area contributed by atoms with Crippen LogP contribution in [0.1, 0.15) is 54.1 Å². The molecule has 19 heavy (non-hydrogen) atoms. The summed E-state index contributed by atoms with van der Waals surface area (Å²) in [5.74, 6) is -0.814. The number of hydrogen-bond acceptors (Lipinski definition) is 3. The van der Waals surface area contributed by atoms with Gasteiger partial charge >= 0.3 is 5.97 Å². The lowest BCUT2D eigenvalue weighted by Crippen LogP contribution is -2.38. The van der Waals surface area contributed by atoms with Crippen molar-refractivity contribution in [2.75, 3.05) is 13.1 Å². The van der Waals surface area contributed by atoms with Gasteiger partial charge in [0.05, 0.1) is 0 Å². The number of carbonyl (C=O) groups is 1. The first kappa shape index (κ1) is 14.5. The number of carboxylic acids is 1. The Labute approximate surface area is 119 Å². The highest BCUT2D eigenvalue weighted by atomic mass is 32.1. The lowest BCUT2D eigenvalue weighted by Gasteiger charge is -2.40. The van der Waals surface area contributed by atoms with Gasteiger partial charge < -0.3 is 5.11 Å². The van der Waals surface area contributed by atoms with E-state index in [1.54, 1.807) is 6.07 Å². The van der Waals surface area contributed by atoms with E-state index in [2.05, 4.69) is 18.7 Å². The van der Waals surface area contributed by atoms with Crippen molar-refractivity contribution in [1.29, 1.82) is 0 Å². The Kier molecular flexibility index (Phi) is 4.63. The van der Waals surface area contributed by atoms with E-state index in [0.717, 1.165) is 24.5 Å². The van der Waals surface area contributed by atoms with Crippen molar-refractivity contribution < 1.29 is 9.90 Å². The molecular formula is C15H23NO2S. The average molecular weight is 281 g/mol. The van der Waals surface area contributed by atoms with Crippen LogP contribution in [0.15, 0.2) is 12.1 Å². The SMILES string of the molecule is CCC1(CC)CCN(Cc2ccc(C(=O)O)s2)CC1. The second-order valence-electron chi connectivity index (χ2n) is 5.55. The monoisotopic (exact) mass is 281 g/mol. The van der Waals surface area contributed by atoms with Gasteiger partial charge in [-0.3, -0.25) is 4.90 Å². The van der Waals surface area contributed by atoms with Crippen LogP contribution in [0, 0.1) is 5.41 Å². The van der Waals surface area contributed by atoms with Gasteiger partial charge in [0.2, 0.25) is 0 Å². The van der Waals surface area contributed by atoms with Crippen LogP contribution in [-0.4, -0.2) is 29.1 Å². The Hall–Kier alpha value is -0.870. The second-order valence-corrected chi connectivity index (χ2v) is 6.72. The van der Waals surface area contributed by atoms with E-state index < -0.39 is 5.97 Å². The molecule has 0 aromatic carbocycles. The minimum atomic E-state index is -0.814. The van der Waals surface area contributed by atoms with Crippen molar-refractivity contribution in [3.63, 3.8) is 0 Å². The molecule has 0 spiro atoms. The first-order chi connectivity index (χ1) is 9.08. The van der Waals surface area contributed by atoms with E-state index >= 15 is 0 Å². The molecule has 1 saturated heterocycles. The highest BCUT2D eigenvalue weighted by Gasteiger charge is 2.31. The van der Waals surface area contributed by atoms with E-state index in [-0.39, 0.29) is 0 Å². The molecule has 0 radical (unpaired) electrons. The van der Waals surface area contributed by atoms with Gasteiger partial charge in [0.15, 0.2) is 0 Å². The molecular weight excluding hydrogens is 258 g/mol. The van der Waals surface area contributed by atoms with Gasteiger partial charge in [-0.05, 0) is 43.5 Å². The van der Waals surface area contributed by atoms with E-state index in [1.807, 2.05) is 6.07 Å². The van der Waals surface area contributed by atoms with Gasteiger partial charge in [-0.1, -0.05) is 26.7 Å². The fourth-order valence-corrected chi connectivity index (χ4v) is 3.83. The van der Waals surface area contributed by atoms with Crippen molar-refractivity contribution in [2.24, 2.45) is 5.41 Å². The summed E-state index contributed by atoms with van der Waals surface area (Å²) in [4.78, 5) is 14.9. The highest BCUT2D eigenvalue weighted by Crippen LogP contribution is 2.38. The smallest absolute Gasteiger partial charge is 0.345 e. The largest absolute Gasteiger partial charge is 0.477 e. The molecule has 1 N–H and O–H groups in total. The maximum Gasteiger partial charge on any atom is 0.345 e. The standard InChI is InChI=1S/C15H23NO2S/c1-3-15(4-2)7-9-16(10-8-15)11-12-5-6-13(19-12)14(17)18/h5-6H,3-4,7-11H2,1-2H3,(H,17,18). The Balaban J connectivity index is 1.90. The molecule has 0 bridgehead atoms. The number of piperidine rings is 1. The van der Waals surface area contributed by atoms with Crippen molar-refractivity contribution in [3.8, 4) is 0 Å². The lowest BCUT2D eigenvalue weighted by molar-refractivity contribution is 0.0702. The van der Waals surface area contributed by atoms with Gasteiger partial charge in [0.1, 0.15) is 4.88 Å². The predicted molar refractivity (Wildman–Crippen MR) is 78.8 cm³/mol. The zero-order chi connectivity index (χ0) is 13.9. The molecule has 1 aromatic rings. The first-order valence-electron chi connectivity index (χ1n) is 7.13. The minimum Gasteiger partial charge on any atom is -0.477 e. The third-order valence-electron chi connectivity index (χ3n) is 4.67. The number of nitrogens with zero attached hydrogens (tertiary/aromatic N) is 1. The molecule has 2 rings (SSSR count). The van der Waals surface area contributed by atoms with Crippen LogP contribution in [0.3, 0.4) is 0 Å². The molecule has 1 aromatic heterocycles. The predicted octanol–water partition coefficient (Wildman–Crippen LogP) is 3.85. The van der Waals surface area contributed by atoms with Crippen molar-refractivity contribution in [3.05, 3.63) is 21.9 Å². The van der Waals surface area contributed by atoms with Crippen LogP contribution in [0.25, 0.3) is 0 Å². The van der Waals surface area contributed by atoms with E-state index in [4.69, 9.17) is 5.11 Å². The third kappa shape index (κ3) is 3.37. The molecule has 0 unspecified atom stereocenters. The van der Waals surface area contributed by atoms with Crippen LogP contribution in [0.5, 0.6) is 0 Å². The molecule has 1 aliphatic heterocycles. The Bertz CT molecular complexity index is 427. The summed E-state index contributed by atoms with van der Waals surface area (Å²) < 4.78 is 0. The van der Waals surface area contributed by atoms with Crippen LogP contribution in [-0.2, 0) is 6.54 Å². The molecule has 1 fully saturated rings. The zero-order valence-electron chi connectivity index (χ0n) is 11.8. The molecule has 0 aliphatic carbocycles. The van der Waals surface area contributed by atoms with Crippen molar-refractivity contribution in [1.82, 2.24) is 4.90 Å². The van der Waals surface area contributed by atoms with Gasteiger partial charge in [-0.25, -0.2) is 4.79 Å². The highest BCUT2D eigenvalue weighted by molar-refractivity contribution is 7.13. The maximum atomic E-state index is 10.9. The van der Waals surface area contributed by atoms with Crippen LogP contribution < -0.4 is 0 Å². The number of rotatable bonds is 5. The van der Waals surface area contributed by atoms with Crippen LogP contribution >= 0.6 is 11.3 Å². The molecule has 0 saturated carbocycles. The van der Waals surface area contributed by atoms with E-state index in [1.165, 1.54) is 37.0 Å². The molecule has 4 heteroatoms. The molecule has 2 heterocycles. The van der Waals surface area contributed by atoms with Crippen LogP contribution in [0.4, 0.5) is 0 Å². The normalized spacial score (nSPS) is 19.5. The average Bonchev–Trinajstić information content (AvgIpc) is 2.89. The summed E-state index contributed by atoms with van der Waals surface area (Å²) in [7, 11) is 0. The number of carboxylic acid groups (broad SMARTS) is 1. The first-order valence-corrected chi connectivity index (χ1v) is 7.94. The summed E-state index contributed by atoms with van der Waals surface area (Å²) in [6, 6.07) is 3.67. The van der Waals surface area contributed by atoms with Crippen molar-refractivity contribution in [2.45, 2.75) is 46.1 Å². The van der Waals surface area contributed by atoms with Gasteiger partial charge in [-0.2, -0.15) is 0 Å². The summed E-state index contributed by atoms with van der Waals surface area (Å²) in [6.45, 7) is 7.79. The number of likely N-dealkylation sites (tertiary alicyclic amines) is 1. The Morgan fingerprint density at radius 1 is 1.32 bits per heavy atom. The zero-order valence-corrected chi connectivity index (χ0v) is 12.6. The molecule has 0 amide bonds. The maximum absolute atomic E-state index is 10.9. The lowest BCUT2D eigenvalue weighted by atomic mass is 9.74. The fraction of sp³-hybridized carbons (Fsp3) is 0.667. The van der Waals surface area contributed by atoms with Crippen molar-refractivity contribution >= 4 is 17.3 Å². The summed E-state index contributed by atoms with van der Waals surface area (Å²) in [6.07, 6.45) is 5.10. The molecule has 1 aliphatic rings. The van der Waals surface area contributed by atoms with E-state index in [0.29, 0.717) is 10.3 Å². The fourth-order valence-electron chi connectivity index (χ4n) is 2.94. The molecule has 3 nitrogen and oxygen atoms in total. The Morgan fingerprint density at radius 2 is 1.95 bits per heavy atom. The van der Waals surface area contributed by atoms with Crippen LogP contribution in [0.2, 0.25) is 0 Å². The Morgan fingerprint density at radius 3 is 2.42 bits per heavy atom. The van der Waals surface area contributed by atoms with Gasteiger partial charge in [0, 0.05) is 11.4 Å². The third-order valence-corrected chi connectivity index (χ3v) is 5.73. The minimum absolute atomic E-state index is 0.448. The van der Waals surface area contributed by atoms with E-state index in [9.17, 15) is 4.79 Å². The van der Waals surface area contributed by atoms with Gasteiger partial charge in [0.25, 0.3) is 0 Å². The summed E-state index contributed by atoms with van der Waals surface area (Å²) in [5, 5.41) is 8.93. The second kappa shape index (κ2) is 6.06. The molecule has 106 valence electrons. The summed E-state index contributed by atoms with van der Waals surface area (Å²) >= 11 is 1.40. The number of thiophene rings is 1. The summed E-state index contributed by atoms with van der Waals surface area (Å²) in [5.41, 5.74) is 0.554. The number of hydrogen-bond donors (Lipinski definition) is 1. The van der Waals surface area contributed by atoms with Gasteiger partial charge in [-0.15, -0.1) is 11.3 Å². The number of aromatic carboxylic acids is 1. The quantitative estimate of drug-likeness (QED) is 0.891. The topological polar surface area (TPSA) is 40.5 Å².